The number of carbonyl (C=O) groups excluding carboxylic acids is 3. The molecule has 2 aliphatic heterocycles. The summed E-state index contributed by atoms with van der Waals surface area (Å²) in [6.07, 6.45) is -4.08. The topological polar surface area (TPSA) is 127 Å². The van der Waals surface area contributed by atoms with Crippen molar-refractivity contribution in [3.05, 3.63) is 47.0 Å². The van der Waals surface area contributed by atoms with Crippen LogP contribution in [0.5, 0.6) is 0 Å². The molecule has 2 saturated carbocycles. The van der Waals surface area contributed by atoms with Crippen LogP contribution in [0.25, 0.3) is 0 Å². The first-order chi connectivity index (χ1) is 27.1. The summed E-state index contributed by atoms with van der Waals surface area (Å²) in [6.45, 7) is 14.9. The molecule has 3 aliphatic carbocycles. The van der Waals surface area contributed by atoms with Gasteiger partial charge in [-0.1, -0.05) is 41.0 Å². The van der Waals surface area contributed by atoms with Crippen LogP contribution < -0.4 is 0 Å². The Morgan fingerprint density at radius 2 is 1.49 bits per heavy atom. The molecular weight excluding hydrogens is 1030 g/mol. The molecule has 0 radical (unpaired) electrons. The zero-order valence-electron chi connectivity index (χ0n) is 35.0. The Labute approximate surface area is 375 Å². The lowest BCUT2D eigenvalue weighted by Crippen LogP contribution is -2.82. The molecule has 0 aromatic heterocycles. The van der Waals surface area contributed by atoms with E-state index in [0.29, 0.717) is 17.6 Å². The molecule has 10 unspecified atom stereocenters. The molecule has 0 amide bonds. The number of Topliss-reactive ketones (excluding diaryl/α,β-unsaturated/α-hetero) is 1. The highest BCUT2D eigenvalue weighted by Crippen LogP contribution is 3.17. The fraction of sp³-hybridized carbons (Fsp3) is 0.676. The van der Waals surface area contributed by atoms with Crippen molar-refractivity contribution in [2.75, 3.05) is 6.61 Å². The van der Waals surface area contributed by atoms with Gasteiger partial charge in [-0.15, -0.1) is 53.6 Å². The highest BCUT2D eigenvalue weighted by molar-refractivity contribution is 9.19. The summed E-state index contributed by atoms with van der Waals surface area (Å²) in [7, 11) is 15.1. The zero-order valence-corrected chi connectivity index (χ0v) is 50.5. The van der Waals surface area contributed by atoms with Gasteiger partial charge in [-0.3, -0.25) is 9.59 Å². The number of ether oxygens (including phenoxy) is 3. The van der Waals surface area contributed by atoms with Crippen molar-refractivity contribution in [1.29, 1.82) is 0 Å². The van der Waals surface area contributed by atoms with Gasteiger partial charge in [-0.05, 0) is 89.9 Å². The van der Waals surface area contributed by atoms with E-state index in [9.17, 15) is 14.7 Å². The third-order valence-corrected chi connectivity index (χ3v) is 92.2. The van der Waals surface area contributed by atoms with Crippen LogP contribution in [0.4, 0.5) is 0 Å². The Bertz CT molecular complexity index is 1840. The summed E-state index contributed by atoms with van der Waals surface area (Å²) in [5.74, 6) is -2.49. The number of carbonyl (C=O) groups is 3. The Balaban J connectivity index is 1.70. The smallest absolute Gasteiger partial charge is 0.338 e. The van der Waals surface area contributed by atoms with Gasteiger partial charge in [0.05, 0.1) is 43.2 Å². The highest BCUT2D eigenvalue weighted by Gasteiger charge is 2.79. The van der Waals surface area contributed by atoms with Gasteiger partial charge in [0, 0.05) is 39.2 Å². The Kier molecular flexibility index (Phi) is 16.7. The molecule has 5 aliphatic rings. The lowest BCUT2D eigenvalue weighted by molar-refractivity contribution is -0.344. The van der Waals surface area contributed by atoms with E-state index in [1.165, 1.54) is 6.92 Å². The average molecular weight is 1090 g/mol. The van der Waals surface area contributed by atoms with Crippen LogP contribution in [0.3, 0.4) is 0 Å². The Hall–Kier alpha value is 3.39. The number of aliphatic hydroxyl groups is 1. The van der Waals surface area contributed by atoms with Crippen molar-refractivity contribution in [3.63, 3.8) is 0 Å². The van der Waals surface area contributed by atoms with Gasteiger partial charge in [0.25, 0.3) is 0 Å². The predicted molar refractivity (Wildman–Crippen MR) is 281 cm³/mol. The van der Waals surface area contributed by atoms with Crippen molar-refractivity contribution >= 4 is 139 Å². The van der Waals surface area contributed by atoms with Crippen LogP contribution in [0, 0.1) is 16.7 Å². The van der Waals surface area contributed by atoms with E-state index in [0.717, 1.165) is 11.2 Å². The van der Waals surface area contributed by atoms with Crippen molar-refractivity contribution in [2.45, 2.75) is 121 Å². The average Bonchev–Trinajstić information content (AvgIpc) is 3.12. The summed E-state index contributed by atoms with van der Waals surface area (Å²) in [6, 6.07) is 8.71. The predicted octanol–water partition coefficient (Wildman–Crippen LogP) is 12.0. The number of esters is 2. The van der Waals surface area contributed by atoms with Gasteiger partial charge in [0.15, 0.2) is 28.0 Å². The lowest BCUT2D eigenvalue weighted by Gasteiger charge is -2.68. The molecule has 2 saturated heterocycles. The van der Waals surface area contributed by atoms with Crippen LogP contribution in [0.15, 0.2) is 41.5 Å². The van der Waals surface area contributed by atoms with Crippen molar-refractivity contribution in [2.24, 2.45) is 16.7 Å². The standard InChI is InChI=1S/C34H61O10P13Si2/c1-19-22(42-52(56(51)53(45)46)57(54(47)48)55(49)50)16-34(38)29(40-30(37)21-13-11-10-12-14-21)27-32(5)23(15-24-33(27,17-39-24)41-20(2)35)43-58(6,7)18-59(8,9)44-26(28(32)36)25(19)31(34,3)4/h10-14,22-24,26-27,29,38H,15-18,45-51H2,1-9H3/t22-,23-,24+,26+,27?,29-,32+,33-,34+,52?,56?/m0/s1. The van der Waals surface area contributed by atoms with Crippen LogP contribution in [0.2, 0.25) is 31.9 Å². The highest BCUT2D eigenvalue weighted by atomic mass is 33.2. The largest absolute Gasteiger partial charge is 0.455 e. The van der Waals surface area contributed by atoms with Gasteiger partial charge >= 0.3 is 11.9 Å². The molecule has 4 fully saturated rings. The van der Waals surface area contributed by atoms with E-state index in [-0.39, 0.29) is 18.8 Å². The van der Waals surface area contributed by atoms with Crippen LogP contribution in [-0.2, 0) is 37.2 Å². The molecule has 10 nitrogen and oxygen atoms in total. The van der Waals surface area contributed by atoms with Gasteiger partial charge in [0.2, 0.25) is 0 Å². The maximum absolute atomic E-state index is 16.3. The van der Waals surface area contributed by atoms with E-state index < -0.39 is 130 Å². The SMILES string of the molecule is CC(=O)O[C@@]12CO[C@@H]1C[C@@H]1O[Si](C)(C)C[Si](C)(C)O[C@H]3C(=O)[C@@]1(C)C2[C@H](OC(=O)c1ccccc1)[C@]1(O)C[C@H](OP(P(P)P(P)P)P(P(P)P)P(P)P)C(C)=C3C1(C)C. The molecule has 25 heteroatoms. The van der Waals surface area contributed by atoms with E-state index in [1.807, 2.05) is 26.8 Å². The molecule has 1 aromatic rings. The fourth-order valence-electron chi connectivity index (χ4n) is 10.5. The normalized spacial score (nSPS) is 37.0. The summed E-state index contributed by atoms with van der Waals surface area (Å²) >= 11 is 0. The molecule has 4 bridgehead atoms. The van der Waals surface area contributed by atoms with Crippen LogP contribution >= 0.6 is 105 Å². The Morgan fingerprint density at radius 3 is 2.02 bits per heavy atom. The quantitative estimate of drug-likeness (QED) is 0.105. The summed E-state index contributed by atoms with van der Waals surface area (Å²) in [5.41, 5.74) is -3.37. The molecule has 6 rings (SSSR count). The molecule has 1 aromatic carbocycles. The second kappa shape index (κ2) is 19.1. The monoisotopic (exact) mass is 1090 g/mol. The molecule has 2 heterocycles. The molecule has 18 atom stereocenters. The third kappa shape index (κ3) is 9.58. The number of ketones is 1. The first-order valence-electron chi connectivity index (χ1n) is 19.3. The fourth-order valence-corrected chi connectivity index (χ4v) is 117. The first kappa shape index (κ1) is 51.8. The summed E-state index contributed by atoms with van der Waals surface area (Å²) < 4.78 is 41.8. The number of hydrogen-bond acceptors (Lipinski definition) is 10. The molecule has 330 valence electrons. The van der Waals surface area contributed by atoms with Crippen molar-refractivity contribution in [1.82, 2.24) is 0 Å². The number of rotatable bonds is 10. The molecule has 59 heavy (non-hydrogen) atoms. The van der Waals surface area contributed by atoms with Crippen LogP contribution in [0.1, 0.15) is 57.8 Å². The zero-order chi connectivity index (χ0) is 44.0. The Morgan fingerprint density at radius 1 is 0.898 bits per heavy atom. The minimum atomic E-state index is -2.68. The van der Waals surface area contributed by atoms with E-state index in [1.54, 1.807) is 24.3 Å². The van der Waals surface area contributed by atoms with E-state index in [4.69, 9.17) is 27.6 Å². The second-order valence-corrected chi connectivity index (χ2v) is 75.8. The van der Waals surface area contributed by atoms with Gasteiger partial charge in [-0.2, -0.15) is 0 Å². The minimum absolute atomic E-state index is 0.0295. The molecule has 0 spiro atoms. The first-order valence-corrected chi connectivity index (χ1v) is 48.3. The second-order valence-electron chi connectivity index (χ2n) is 18.1. The lowest BCUT2D eigenvalue weighted by atomic mass is 9.44. The number of fused-ring (bicyclic) bond motifs is 6. The molecular formula is C34H61O10P13Si2. The van der Waals surface area contributed by atoms with Crippen molar-refractivity contribution in [3.8, 4) is 0 Å². The minimum Gasteiger partial charge on any atom is -0.455 e. The maximum atomic E-state index is 16.3. The summed E-state index contributed by atoms with van der Waals surface area (Å²) in [4.78, 5) is 44.3. The van der Waals surface area contributed by atoms with Gasteiger partial charge in [0.1, 0.15) is 23.9 Å². The summed E-state index contributed by atoms with van der Waals surface area (Å²) in [5, 5.41) is 14.2. The van der Waals surface area contributed by atoms with E-state index >= 15 is 4.79 Å². The van der Waals surface area contributed by atoms with Gasteiger partial charge in [-0.25, -0.2) is 4.79 Å². The maximum Gasteiger partial charge on any atom is 0.338 e. The molecule has 1 N–H and O–H groups in total. The number of hydrogen-bond donors (Lipinski definition) is 1. The van der Waals surface area contributed by atoms with Crippen LogP contribution in [-0.4, -0.2) is 87.8 Å². The van der Waals surface area contributed by atoms with E-state index in [2.05, 4.69) is 95.6 Å². The third-order valence-electron chi connectivity index (χ3n) is 12.8. The number of benzene rings is 1. The van der Waals surface area contributed by atoms with Gasteiger partial charge < -0.3 is 32.7 Å². The van der Waals surface area contributed by atoms with Crippen molar-refractivity contribution < 1.29 is 47.1 Å².